The van der Waals surface area contributed by atoms with E-state index in [0.29, 0.717) is 0 Å². The lowest BCUT2D eigenvalue weighted by Crippen LogP contribution is -2.22. The average molecular weight is 207 g/mol. The van der Waals surface area contributed by atoms with Crippen molar-refractivity contribution in [1.82, 2.24) is 0 Å². The van der Waals surface area contributed by atoms with Crippen LogP contribution in [0.25, 0.3) is 0 Å². The predicted octanol–water partition coefficient (Wildman–Crippen LogP) is 3.44. The standard InChI is InChI=1S/C12H17NO2/c1-9-7-11(15-12(2,3)4)6-5-10(9)8-13-14/h5-7H,8H2,1-4H3. The highest BCUT2D eigenvalue weighted by molar-refractivity contribution is 5.35. The first-order valence-electron chi connectivity index (χ1n) is 5.00. The molecule has 0 atom stereocenters. The lowest BCUT2D eigenvalue weighted by atomic mass is 10.1. The Balaban J connectivity index is 2.86. The van der Waals surface area contributed by atoms with Gasteiger partial charge in [0.1, 0.15) is 17.9 Å². The largest absolute Gasteiger partial charge is 0.488 e. The van der Waals surface area contributed by atoms with Crippen molar-refractivity contribution >= 4 is 0 Å². The van der Waals surface area contributed by atoms with Crippen molar-refractivity contribution in [2.75, 3.05) is 0 Å². The molecule has 0 aromatic heterocycles. The minimum atomic E-state index is -0.198. The van der Waals surface area contributed by atoms with E-state index in [1.165, 1.54) is 0 Å². The molecule has 0 N–H and O–H groups in total. The summed E-state index contributed by atoms with van der Waals surface area (Å²) in [4.78, 5) is 10.2. The van der Waals surface area contributed by atoms with E-state index in [4.69, 9.17) is 4.74 Å². The lowest BCUT2D eigenvalue weighted by Gasteiger charge is -2.21. The molecule has 15 heavy (non-hydrogen) atoms. The van der Waals surface area contributed by atoms with E-state index in [1.54, 1.807) is 0 Å². The molecule has 0 aliphatic rings. The maximum absolute atomic E-state index is 10.2. The molecule has 0 spiro atoms. The van der Waals surface area contributed by atoms with E-state index in [0.717, 1.165) is 16.9 Å². The lowest BCUT2D eigenvalue weighted by molar-refractivity contribution is 0.131. The number of aryl methyl sites for hydroxylation is 1. The molecule has 3 nitrogen and oxygen atoms in total. The van der Waals surface area contributed by atoms with Crippen LogP contribution in [0.3, 0.4) is 0 Å². The summed E-state index contributed by atoms with van der Waals surface area (Å²) in [6.45, 7) is 8.19. The summed E-state index contributed by atoms with van der Waals surface area (Å²) in [6, 6.07) is 5.70. The van der Waals surface area contributed by atoms with Crippen LogP contribution in [0.4, 0.5) is 0 Å². The summed E-state index contributed by atoms with van der Waals surface area (Å²) < 4.78 is 5.71. The van der Waals surface area contributed by atoms with Gasteiger partial charge in [0.15, 0.2) is 0 Å². The molecule has 0 aliphatic carbocycles. The van der Waals surface area contributed by atoms with Crippen molar-refractivity contribution in [1.29, 1.82) is 0 Å². The second kappa shape index (κ2) is 4.43. The number of rotatable bonds is 3. The summed E-state index contributed by atoms with van der Waals surface area (Å²) in [5, 5.41) is 2.88. The van der Waals surface area contributed by atoms with Crippen LogP contribution in [-0.4, -0.2) is 5.60 Å². The van der Waals surface area contributed by atoms with Gasteiger partial charge in [0.25, 0.3) is 0 Å². The highest BCUT2D eigenvalue weighted by atomic mass is 16.5. The van der Waals surface area contributed by atoms with Gasteiger partial charge in [-0.2, -0.15) is 4.91 Å². The van der Waals surface area contributed by atoms with Gasteiger partial charge in [-0.1, -0.05) is 11.2 Å². The monoisotopic (exact) mass is 207 g/mol. The van der Waals surface area contributed by atoms with Gasteiger partial charge in [-0.3, -0.25) is 0 Å². The molecule has 0 radical (unpaired) electrons. The second-order valence-corrected chi connectivity index (χ2v) is 4.59. The van der Waals surface area contributed by atoms with Crippen molar-refractivity contribution in [3.8, 4) is 5.75 Å². The molecule has 0 fully saturated rings. The fraction of sp³-hybridized carbons (Fsp3) is 0.500. The van der Waals surface area contributed by atoms with Crippen molar-refractivity contribution in [3.05, 3.63) is 34.2 Å². The number of nitroso groups, excluding NO2 is 1. The molecule has 0 aliphatic heterocycles. The molecule has 0 bridgehead atoms. The summed E-state index contributed by atoms with van der Waals surface area (Å²) in [5.41, 5.74) is 1.79. The summed E-state index contributed by atoms with van der Waals surface area (Å²) in [5.74, 6) is 0.828. The molecule has 3 heteroatoms. The van der Waals surface area contributed by atoms with E-state index in [-0.39, 0.29) is 12.1 Å². The van der Waals surface area contributed by atoms with E-state index < -0.39 is 0 Å². The highest BCUT2D eigenvalue weighted by Gasteiger charge is 2.12. The first kappa shape index (κ1) is 11.7. The van der Waals surface area contributed by atoms with E-state index >= 15 is 0 Å². The maximum atomic E-state index is 10.2. The van der Waals surface area contributed by atoms with Gasteiger partial charge in [-0.15, -0.1) is 0 Å². The van der Waals surface area contributed by atoms with Crippen molar-refractivity contribution in [3.63, 3.8) is 0 Å². The van der Waals surface area contributed by atoms with Gasteiger partial charge in [0.05, 0.1) is 0 Å². The van der Waals surface area contributed by atoms with Crippen LogP contribution >= 0.6 is 0 Å². The van der Waals surface area contributed by atoms with Crippen LogP contribution in [0.1, 0.15) is 31.9 Å². The fourth-order valence-corrected chi connectivity index (χ4v) is 1.33. The minimum absolute atomic E-state index is 0.198. The predicted molar refractivity (Wildman–Crippen MR) is 61.1 cm³/mol. The Morgan fingerprint density at radius 1 is 1.33 bits per heavy atom. The molecule has 1 rings (SSSR count). The van der Waals surface area contributed by atoms with Crippen LogP contribution in [0.2, 0.25) is 0 Å². The Hall–Kier alpha value is -1.38. The third kappa shape index (κ3) is 3.70. The molecule has 1 aromatic rings. The smallest absolute Gasteiger partial charge is 0.120 e. The topological polar surface area (TPSA) is 38.7 Å². The quantitative estimate of drug-likeness (QED) is 0.712. The Morgan fingerprint density at radius 2 is 2.00 bits per heavy atom. The van der Waals surface area contributed by atoms with Gasteiger partial charge >= 0.3 is 0 Å². The first-order valence-corrected chi connectivity index (χ1v) is 5.00. The van der Waals surface area contributed by atoms with Crippen LogP contribution in [0.15, 0.2) is 23.4 Å². The molecule has 82 valence electrons. The number of ether oxygens (including phenoxy) is 1. The first-order chi connectivity index (χ1) is 6.92. The number of benzene rings is 1. The molecular weight excluding hydrogens is 190 g/mol. The third-order valence-corrected chi connectivity index (χ3v) is 1.97. The second-order valence-electron chi connectivity index (χ2n) is 4.59. The number of nitrogens with zero attached hydrogens (tertiary/aromatic N) is 1. The third-order valence-electron chi connectivity index (χ3n) is 1.97. The summed E-state index contributed by atoms with van der Waals surface area (Å²) in [7, 11) is 0. The zero-order valence-corrected chi connectivity index (χ0v) is 9.70. The Kier molecular flexibility index (Phi) is 3.45. The Morgan fingerprint density at radius 3 is 2.47 bits per heavy atom. The van der Waals surface area contributed by atoms with Gasteiger partial charge < -0.3 is 4.74 Å². The maximum Gasteiger partial charge on any atom is 0.120 e. The SMILES string of the molecule is Cc1cc(OC(C)(C)C)ccc1CN=O. The molecule has 0 saturated carbocycles. The normalized spacial score (nSPS) is 11.2. The average Bonchev–Trinajstić information content (AvgIpc) is 2.07. The van der Waals surface area contributed by atoms with E-state index in [9.17, 15) is 4.91 Å². The van der Waals surface area contributed by atoms with Crippen LogP contribution in [0.5, 0.6) is 5.75 Å². The molecule has 0 saturated heterocycles. The fourth-order valence-electron chi connectivity index (χ4n) is 1.33. The Bertz CT molecular complexity index is 353. The molecule has 0 amide bonds. The van der Waals surface area contributed by atoms with Gasteiger partial charge in [0.2, 0.25) is 0 Å². The van der Waals surface area contributed by atoms with Crippen molar-refractivity contribution in [2.45, 2.75) is 39.8 Å². The van der Waals surface area contributed by atoms with Crippen LogP contribution < -0.4 is 4.74 Å². The van der Waals surface area contributed by atoms with Crippen LogP contribution in [0, 0.1) is 11.8 Å². The highest BCUT2D eigenvalue weighted by Crippen LogP contribution is 2.21. The van der Waals surface area contributed by atoms with Crippen molar-refractivity contribution < 1.29 is 4.74 Å². The van der Waals surface area contributed by atoms with E-state index in [2.05, 4.69) is 5.18 Å². The molecule has 0 heterocycles. The number of hydrogen-bond donors (Lipinski definition) is 0. The van der Waals surface area contributed by atoms with Crippen molar-refractivity contribution in [2.24, 2.45) is 5.18 Å². The van der Waals surface area contributed by atoms with Gasteiger partial charge in [-0.05, 0) is 51.0 Å². The minimum Gasteiger partial charge on any atom is -0.488 e. The van der Waals surface area contributed by atoms with Gasteiger partial charge in [0, 0.05) is 0 Å². The van der Waals surface area contributed by atoms with Gasteiger partial charge in [-0.25, -0.2) is 0 Å². The molecule has 1 aromatic carbocycles. The summed E-state index contributed by atoms with van der Waals surface area (Å²) >= 11 is 0. The Labute approximate surface area is 90.4 Å². The zero-order valence-electron chi connectivity index (χ0n) is 9.70. The molecule has 0 unspecified atom stereocenters. The number of hydrogen-bond acceptors (Lipinski definition) is 3. The van der Waals surface area contributed by atoms with E-state index in [1.807, 2.05) is 45.9 Å². The zero-order chi connectivity index (χ0) is 11.5. The molecular formula is C12H17NO2. The summed E-state index contributed by atoms with van der Waals surface area (Å²) in [6.07, 6.45) is 0. The van der Waals surface area contributed by atoms with Crippen LogP contribution in [-0.2, 0) is 6.54 Å².